The van der Waals surface area contributed by atoms with E-state index in [1.807, 2.05) is 18.2 Å². The Morgan fingerprint density at radius 3 is 3.05 bits per heavy atom. The number of carbonyl (C=O) groups excluding carboxylic acids is 1. The highest BCUT2D eigenvalue weighted by Gasteiger charge is 2.13. The second-order valence-corrected chi connectivity index (χ2v) is 6.34. The molecule has 1 fully saturated rings. The summed E-state index contributed by atoms with van der Waals surface area (Å²) in [7, 11) is 1.65. The van der Waals surface area contributed by atoms with Crippen molar-refractivity contribution < 1.29 is 9.53 Å². The van der Waals surface area contributed by atoms with Crippen LogP contribution in [0.3, 0.4) is 0 Å². The number of carbonyl (C=O) groups is 1. The zero-order valence-electron chi connectivity index (χ0n) is 12.5. The van der Waals surface area contributed by atoms with Crippen LogP contribution in [0.15, 0.2) is 22.7 Å². The van der Waals surface area contributed by atoms with Gasteiger partial charge >= 0.3 is 0 Å². The van der Waals surface area contributed by atoms with Gasteiger partial charge in [-0.25, -0.2) is 0 Å². The molecule has 1 amide bonds. The molecule has 0 bridgehead atoms. The fraction of sp³-hybridized carbons (Fsp3) is 0.562. The largest absolute Gasteiger partial charge is 0.496 e. The zero-order valence-corrected chi connectivity index (χ0v) is 14.0. The van der Waals surface area contributed by atoms with Crippen LogP contribution in [0.1, 0.15) is 24.8 Å². The van der Waals surface area contributed by atoms with E-state index in [0.29, 0.717) is 12.3 Å². The van der Waals surface area contributed by atoms with Crippen LogP contribution in [-0.2, 0) is 11.2 Å². The summed E-state index contributed by atoms with van der Waals surface area (Å²) < 4.78 is 6.13. The van der Waals surface area contributed by atoms with Gasteiger partial charge < -0.3 is 15.4 Å². The molecule has 0 aromatic heterocycles. The van der Waals surface area contributed by atoms with E-state index in [4.69, 9.17) is 4.74 Å². The Hall–Kier alpha value is -1.07. The minimum absolute atomic E-state index is 0.132. The molecule has 0 radical (unpaired) electrons. The molecule has 1 aliphatic rings. The van der Waals surface area contributed by atoms with Crippen molar-refractivity contribution in [3.8, 4) is 5.75 Å². The van der Waals surface area contributed by atoms with E-state index >= 15 is 0 Å². The molecular formula is C16H23BrN2O2. The molecule has 4 nitrogen and oxygen atoms in total. The van der Waals surface area contributed by atoms with Crippen molar-refractivity contribution in [2.75, 3.05) is 26.7 Å². The van der Waals surface area contributed by atoms with E-state index in [9.17, 15) is 4.79 Å². The normalized spacial score (nSPS) is 18.3. The maximum Gasteiger partial charge on any atom is 0.220 e. The monoisotopic (exact) mass is 354 g/mol. The molecule has 1 aromatic rings. The minimum Gasteiger partial charge on any atom is -0.496 e. The van der Waals surface area contributed by atoms with Gasteiger partial charge in [0.2, 0.25) is 5.91 Å². The lowest BCUT2D eigenvalue weighted by Crippen LogP contribution is -2.38. The van der Waals surface area contributed by atoms with E-state index in [-0.39, 0.29) is 5.91 Å². The van der Waals surface area contributed by atoms with Crippen molar-refractivity contribution in [3.63, 3.8) is 0 Å². The predicted molar refractivity (Wildman–Crippen MR) is 87.6 cm³/mol. The molecule has 1 aromatic carbocycles. The summed E-state index contributed by atoms with van der Waals surface area (Å²) in [5, 5.41) is 6.41. The first-order valence-electron chi connectivity index (χ1n) is 7.49. The zero-order chi connectivity index (χ0) is 15.1. The van der Waals surface area contributed by atoms with Crippen molar-refractivity contribution >= 4 is 21.8 Å². The molecule has 1 aliphatic heterocycles. The number of piperidine rings is 1. The van der Waals surface area contributed by atoms with Gasteiger partial charge in [-0.15, -0.1) is 0 Å². The molecule has 2 N–H and O–H groups in total. The Labute approximate surface area is 134 Å². The second-order valence-electron chi connectivity index (χ2n) is 5.49. The van der Waals surface area contributed by atoms with Gasteiger partial charge in [-0.2, -0.15) is 0 Å². The Morgan fingerprint density at radius 2 is 2.38 bits per heavy atom. The Morgan fingerprint density at radius 1 is 1.52 bits per heavy atom. The molecule has 5 heteroatoms. The second kappa shape index (κ2) is 8.39. The first kappa shape index (κ1) is 16.3. The number of amides is 1. The van der Waals surface area contributed by atoms with Crippen LogP contribution in [0.4, 0.5) is 0 Å². The van der Waals surface area contributed by atoms with Crippen LogP contribution in [-0.4, -0.2) is 32.7 Å². The Kier molecular flexibility index (Phi) is 6.51. The number of rotatable bonds is 6. The summed E-state index contributed by atoms with van der Waals surface area (Å²) in [5.41, 5.74) is 1.14. The standard InChI is InChI=1S/C16H23BrN2O2/c1-21-15-6-4-12(9-14(15)17)5-7-16(20)19-11-13-3-2-8-18-10-13/h4,6,9,13,18H,2-3,5,7-8,10-11H2,1H3,(H,19,20). The number of benzene rings is 1. The molecule has 116 valence electrons. The van der Waals surface area contributed by atoms with Crippen LogP contribution in [0.2, 0.25) is 0 Å². The Bertz CT molecular complexity index is 473. The predicted octanol–water partition coefficient (Wildman–Crippen LogP) is 2.51. The summed E-state index contributed by atoms with van der Waals surface area (Å²) in [5.74, 6) is 1.53. The van der Waals surface area contributed by atoms with Gasteiger partial charge in [-0.3, -0.25) is 4.79 Å². The molecule has 2 rings (SSSR count). The average molecular weight is 355 g/mol. The lowest BCUT2D eigenvalue weighted by atomic mass is 10.00. The molecule has 0 aliphatic carbocycles. The molecule has 0 saturated carbocycles. The summed E-state index contributed by atoms with van der Waals surface area (Å²) in [6.07, 6.45) is 3.69. The highest BCUT2D eigenvalue weighted by Crippen LogP contribution is 2.25. The lowest BCUT2D eigenvalue weighted by molar-refractivity contribution is -0.121. The van der Waals surface area contributed by atoms with E-state index in [0.717, 1.165) is 41.8 Å². The van der Waals surface area contributed by atoms with E-state index < -0.39 is 0 Å². The third-order valence-corrected chi connectivity index (χ3v) is 4.46. The van der Waals surface area contributed by atoms with E-state index in [1.165, 1.54) is 12.8 Å². The number of aryl methyl sites for hydroxylation is 1. The molecular weight excluding hydrogens is 332 g/mol. The number of halogens is 1. The SMILES string of the molecule is COc1ccc(CCC(=O)NCC2CCCNC2)cc1Br. The van der Waals surface area contributed by atoms with Crippen LogP contribution < -0.4 is 15.4 Å². The van der Waals surface area contributed by atoms with Crippen molar-refractivity contribution in [3.05, 3.63) is 28.2 Å². The number of nitrogens with one attached hydrogen (secondary N) is 2. The van der Waals surface area contributed by atoms with Gasteiger partial charge in [0, 0.05) is 13.0 Å². The molecule has 1 saturated heterocycles. The van der Waals surface area contributed by atoms with E-state index in [2.05, 4.69) is 26.6 Å². The van der Waals surface area contributed by atoms with Crippen LogP contribution in [0.25, 0.3) is 0 Å². The van der Waals surface area contributed by atoms with Crippen LogP contribution in [0, 0.1) is 5.92 Å². The van der Waals surface area contributed by atoms with Crippen molar-refractivity contribution in [2.24, 2.45) is 5.92 Å². The summed E-state index contributed by atoms with van der Waals surface area (Å²) in [4.78, 5) is 11.9. The van der Waals surface area contributed by atoms with Crippen molar-refractivity contribution in [2.45, 2.75) is 25.7 Å². The first-order valence-corrected chi connectivity index (χ1v) is 8.28. The first-order chi connectivity index (χ1) is 10.2. The van der Waals surface area contributed by atoms with Gasteiger partial charge in [0.05, 0.1) is 11.6 Å². The summed E-state index contributed by atoms with van der Waals surface area (Å²) in [6.45, 7) is 2.92. The lowest BCUT2D eigenvalue weighted by Gasteiger charge is -2.22. The van der Waals surface area contributed by atoms with Crippen LogP contribution in [0.5, 0.6) is 5.75 Å². The number of hydrogen-bond acceptors (Lipinski definition) is 3. The number of methoxy groups -OCH3 is 1. The average Bonchev–Trinajstić information content (AvgIpc) is 2.52. The van der Waals surface area contributed by atoms with Gasteiger partial charge in [0.1, 0.15) is 5.75 Å². The van der Waals surface area contributed by atoms with Gasteiger partial charge in [-0.05, 0) is 71.9 Å². The number of ether oxygens (including phenoxy) is 1. The van der Waals surface area contributed by atoms with Gasteiger partial charge in [0.15, 0.2) is 0 Å². The molecule has 1 unspecified atom stereocenters. The fourth-order valence-corrected chi connectivity index (χ4v) is 3.16. The highest BCUT2D eigenvalue weighted by molar-refractivity contribution is 9.10. The van der Waals surface area contributed by atoms with Crippen molar-refractivity contribution in [1.29, 1.82) is 0 Å². The number of hydrogen-bond donors (Lipinski definition) is 2. The topological polar surface area (TPSA) is 50.4 Å². The molecule has 0 spiro atoms. The smallest absolute Gasteiger partial charge is 0.220 e. The maximum atomic E-state index is 11.9. The fourth-order valence-electron chi connectivity index (χ4n) is 2.57. The Balaban J connectivity index is 1.71. The van der Waals surface area contributed by atoms with Gasteiger partial charge in [0.25, 0.3) is 0 Å². The molecule has 21 heavy (non-hydrogen) atoms. The maximum absolute atomic E-state index is 11.9. The third kappa shape index (κ3) is 5.32. The quantitative estimate of drug-likeness (QED) is 0.825. The van der Waals surface area contributed by atoms with Crippen molar-refractivity contribution in [1.82, 2.24) is 10.6 Å². The van der Waals surface area contributed by atoms with Crippen LogP contribution >= 0.6 is 15.9 Å². The minimum atomic E-state index is 0.132. The van der Waals surface area contributed by atoms with E-state index in [1.54, 1.807) is 7.11 Å². The molecule has 1 heterocycles. The van der Waals surface area contributed by atoms with Gasteiger partial charge in [-0.1, -0.05) is 6.07 Å². The highest BCUT2D eigenvalue weighted by atomic mass is 79.9. The summed E-state index contributed by atoms with van der Waals surface area (Å²) in [6, 6.07) is 5.93. The summed E-state index contributed by atoms with van der Waals surface area (Å²) >= 11 is 3.46. The molecule has 1 atom stereocenters. The third-order valence-electron chi connectivity index (χ3n) is 3.84.